The molecule has 0 saturated carbocycles. The number of hydrogen-bond acceptors (Lipinski definition) is 5. The first kappa shape index (κ1) is 16.9. The van der Waals surface area contributed by atoms with E-state index in [4.69, 9.17) is 5.11 Å². The van der Waals surface area contributed by atoms with E-state index in [2.05, 4.69) is 20.6 Å². The van der Waals surface area contributed by atoms with E-state index in [1.807, 2.05) is 0 Å². The summed E-state index contributed by atoms with van der Waals surface area (Å²) >= 11 is 0. The lowest BCUT2D eigenvalue weighted by Crippen LogP contribution is -2.15. The van der Waals surface area contributed by atoms with Gasteiger partial charge in [0.25, 0.3) is 0 Å². The van der Waals surface area contributed by atoms with Crippen molar-refractivity contribution < 1.29 is 22.7 Å². The molecule has 23 heavy (non-hydrogen) atoms. The minimum Gasteiger partial charge on any atom is -0.395 e. The van der Waals surface area contributed by atoms with Gasteiger partial charge in [0.2, 0.25) is 5.95 Å². The monoisotopic (exact) mass is 330 g/mol. The molecular formula is C14H14F4N4O. The van der Waals surface area contributed by atoms with Gasteiger partial charge in [0, 0.05) is 23.9 Å². The number of nitrogens with zero attached hydrogens (tertiary/aromatic N) is 2. The number of alkyl halides is 3. The maximum absolute atomic E-state index is 13.5. The lowest BCUT2D eigenvalue weighted by atomic mass is 10.2. The molecule has 1 aromatic heterocycles. The average molecular weight is 330 g/mol. The number of aliphatic hydroxyl groups is 1. The van der Waals surface area contributed by atoms with Gasteiger partial charge in [-0.05, 0) is 19.1 Å². The highest BCUT2D eigenvalue weighted by molar-refractivity contribution is 5.61. The number of aliphatic hydroxyl groups excluding tert-OH is 1. The summed E-state index contributed by atoms with van der Waals surface area (Å²) < 4.78 is 52.2. The molecule has 5 nitrogen and oxygen atoms in total. The van der Waals surface area contributed by atoms with E-state index in [0.717, 1.165) is 6.07 Å². The zero-order chi connectivity index (χ0) is 17.0. The molecule has 0 aliphatic rings. The van der Waals surface area contributed by atoms with Crippen molar-refractivity contribution >= 4 is 17.5 Å². The third-order valence-electron chi connectivity index (χ3n) is 2.94. The predicted octanol–water partition coefficient (Wildman–Crippen LogP) is 3.09. The molecule has 3 N–H and O–H groups in total. The van der Waals surface area contributed by atoms with Crippen LogP contribution in [0.5, 0.6) is 0 Å². The van der Waals surface area contributed by atoms with Crippen molar-refractivity contribution in [2.45, 2.75) is 13.1 Å². The van der Waals surface area contributed by atoms with Crippen molar-refractivity contribution in [2.24, 2.45) is 0 Å². The zero-order valence-corrected chi connectivity index (χ0v) is 12.1. The summed E-state index contributed by atoms with van der Waals surface area (Å²) in [6.07, 6.45) is -4.66. The molecular weight excluding hydrogens is 316 g/mol. The smallest absolute Gasteiger partial charge is 0.395 e. The Bertz CT molecular complexity index is 691. The number of hydrogen-bond donors (Lipinski definition) is 3. The number of nitrogens with one attached hydrogen (secondary N) is 2. The summed E-state index contributed by atoms with van der Waals surface area (Å²) in [5, 5.41) is 13.9. The minimum absolute atomic E-state index is 0.000255. The Morgan fingerprint density at radius 3 is 2.61 bits per heavy atom. The number of benzene rings is 1. The van der Waals surface area contributed by atoms with Crippen LogP contribution in [-0.4, -0.2) is 28.2 Å². The Balaban J connectivity index is 2.38. The van der Waals surface area contributed by atoms with Crippen LogP contribution in [0.15, 0.2) is 24.3 Å². The molecule has 124 valence electrons. The van der Waals surface area contributed by atoms with Crippen LogP contribution >= 0.6 is 0 Å². The molecule has 0 aliphatic heterocycles. The molecule has 1 aromatic carbocycles. The highest BCUT2D eigenvalue weighted by atomic mass is 19.4. The molecule has 0 spiro atoms. The SMILES string of the molecule is Cc1c(F)cccc1Nc1cc(C(F)(F)F)nc(NCCO)n1. The predicted molar refractivity (Wildman–Crippen MR) is 77.0 cm³/mol. The van der Waals surface area contributed by atoms with Crippen molar-refractivity contribution in [3.05, 3.63) is 41.3 Å². The van der Waals surface area contributed by atoms with E-state index >= 15 is 0 Å². The second-order valence-corrected chi connectivity index (χ2v) is 4.65. The van der Waals surface area contributed by atoms with Crippen molar-refractivity contribution in [1.82, 2.24) is 9.97 Å². The van der Waals surface area contributed by atoms with Gasteiger partial charge < -0.3 is 15.7 Å². The van der Waals surface area contributed by atoms with E-state index in [9.17, 15) is 17.6 Å². The Labute approximate surface area is 129 Å². The third-order valence-corrected chi connectivity index (χ3v) is 2.94. The quantitative estimate of drug-likeness (QED) is 0.735. The summed E-state index contributed by atoms with van der Waals surface area (Å²) in [6.45, 7) is 1.21. The fourth-order valence-electron chi connectivity index (χ4n) is 1.78. The molecule has 2 rings (SSSR count). The van der Waals surface area contributed by atoms with E-state index < -0.39 is 17.7 Å². The van der Waals surface area contributed by atoms with Crippen molar-refractivity contribution in [3.63, 3.8) is 0 Å². The summed E-state index contributed by atoms with van der Waals surface area (Å²) in [6, 6.07) is 4.93. The maximum Gasteiger partial charge on any atom is 0.433 e. The van der Waals surface area contributed by atoms with Crippen LogP contribution in [0.3, 0.4) is 0 Å². The van der Waals surface area contributed by atoms with E-state index in [0.29, 0.717) is 5.69 Å². The van der Waals surface area contributed by atoms with Gasteiger partial charge in [0.1, 0.15) is 11.6 Å². The van der Waals surface area contributed by atoms with Crippen LogP contribution < -0.4 is 10.6 Å². The standard InChI is InChI=1S/C14H14F4N4O/c1-8-9(15)3-2-4-10(8)20-12-7-11(14(16,17)18)21-13(22-12)19-5-6-23/h2-4,7,23H,5-6H2,1H3,(H2,19,20,21,22). The molecule has 0 atom stereocenters. The van der Waals surface area contributed by atoms with Gasteiger partial charge in [0.15, 0.2) is 5.69 Å². The number of halogens is 4. The van der Waals surface area contributed by atoms with Gasteiger partial charge in [-0.25, -0.2) is 9.37 Å². The molecule has 1 heterocycles. The molecule has 0 bridgehead atoms. The van der Waals surface area contributed by atoms with Crippen LogP contribution in [0.25, 0.3) is 0 Å². The minimum atomic E-state index is -4.66. The normalized spacial score (nSPS) is 11.4. The average Bonchev–Trinajstić information content (AvgIpc) is 2.49. The van der Waals surface area contributed by atoms with E-state index in [-0.39, 0.29) is 30.5 Å². The van der Waals surface area contributed by atoms with Gasteiger partial charge in [-0.2, -0.15) is 18.2 Å². The second-order valence-electron chi connectivity index (χ2n) is 4.65. The van der Waals surface area contributed by atoms with E-state index in [1.165, 1.54) is 25.1 Å². The molecule has 0 aliphatic carbocycles. The molecule has 0 saturated heterocycles. The lowest BCUT2D eigenvalue weighted by Gasteiger charge is -2.13. The third kappa shape index (κ3) is 4.28. The molecule has 0 fully saturated rings. The molecule has 9 heteroatoms. The van der Waals surface area contributed by atoms with Crippen molar-refractivity contribution in [3.8, 4) is 0 Å². The highest BCUT2D eigenvalue weighted by Gasteiger charge is 2.33. The van der Waals surface area contributed by atoms with Crippen LogP contribution in [0.4, 0.5) is 35.0 Å². The Morgan fingerprint density at radius 2 is 1.96 bits per heavy atom. The lowest BCUT2D eigenvalue weighted by molar-refractivity contribution is -0.141. The van der Waals surface area contributed by atoms with Crippen LogP contribution in [-0.2, 0) is 6.18 Å². The number of rotatable bonds is 5. The van der Waals surface area contributed by atoms with Crippen molar-refractivity contribution in [2.75, 3.05) is 23.8 Å². The highest BCUT2D eigenvalue weighted by Crippen LogP contribution is 2.31. The summed E-state index contributed by atoms with van der Waals surface area (Å²) in [7, 11) is 0. The van der Waals surface area contributed by atoms with Gasteiger partial charge in [-0.1, -0.05) is 6.07 Å². The van der Waals surface area contributed by atoms with Crippen molar-refractivity contribution in [1.29, 1.82) is 0 Å². The molecule has 0 amide bonds. The largest absolute Gasteiger partial charge is 0.433 e. The first-order valence-corrected chi connectivity index (χ1v) is 6.64. The van der Waals surface area contributed by atoms with E-state index in [1.54, 1.807) is 0 Å². The Hall–Kier alpha value is -2.42. The molecule has 2 aromatic rings. The molecule has 0 radical (unpaired) electrons. The fourth-order valence-corrected chi connectivity index (χ4v) is 1.78. The number of aromatic nitrogens is 2. The summed E-state index contributed by atoms with van der Waals surface area (Å²) in [5.41, 5.74) is -0.598. The summed E-state index contributed by atoms with van der Waals surface area (Å²) in [5.74, 6) is -0.911. The fraction of sp³-hybridized carbons (Fsp3) is 0.286. The Kier molecular flexibility index (Phi) is 4.99. The van der Waals surface area contributed by atoms with Gasteiger partial charge >= 0.3 is 6.18 Å². The van der Waals surface area contributed by atoms with Crippen LogP contribution in [0.1, 0.15) is 11.3 Å². The van der Waals surface area contributed by atoms with Crippen LogP contribution in [0.2, 0.25) is 0 Å². The van der Waals surface area contributed by atoms with Gasteiger partial charge in [0.05, 0.1) is 6.61 Å². The topological polar surface area (TPSA) is 70.1 Å². The van der Waals surface area contributed by atoms with Gasteiger partial charge in [-0.3, -0.25) is 0 Å². The van der Waals surface area contributed by atoms with Crippen LogP contribution in [0, 0.1) is 12.7 Å². The maximum atomic E-state index is 13.5. The zero-order valence-electron chi connectivity index (χ0n) is 12.1. The first-order chi connectivity index (χ1) is 10.8. The summed E-state index contributed by atoms with van der Waals surface area (Å²) in [4.78, 5) is 7.23. The van der Waals surface area contributed by atoms with Gasteiger partial charge in [-0.15, -0.1) is 0 Å². The first-order valence-electron chi connectivity index (χ1n) is 6.64. The molecule has 0 unspecified atom stereocenters. The number of anilines is 3. The Morgan fingerprint density at radius 1 is 1.22 bits per heavy atom. The second kappa shape index (κ2) is 6.78.